The van der Waals surface area contributed by atoms with Gasteiger partial charge in [-0.3, -0.25) is 9.69 Å². The maximum Gasteiger partial charge on any atom is 0.323 e. The lowest BCUT2D eigenvalue weighted by Gasteiger charge is -2.41. The topological polar surface area (TPSA) is 29.5 Å². The lowest BCUT2D eigenvalue weighted by Crippen LogP contribution is -2.55. The van der Waals surface area contributed by atoms with Crippen LogP contribution in [0.15, 0.2) is 0 Å². The van der Waals surface area contributed by atoms with E-state index in [9.17, 15) is 4.79 Å². The van der Waals surface area contributed by atoms with Crippen molar-refractivity contribution in [3.8, 4) is 0 Å². The van der Waals surface area contributed by atoms with Crippen molar-refractivity contribution >= 4 is 5.97 Å². The van der Waals surface area contributed by atoms with Gasteiger partial charge >= 0.3 is 5.97 Å². The second kappa shape index (κ2) is 1.95. The number of esters is 1. The van der Waals surface area contributed by atoms with Crippen molar-refractivity contribution in [2.45, 2.75) is 25.0 Å². The largest absolute Gasteiger partial charge is 0.460 e. The fraction of sp³-hybridized carbons (Fsp3) is 0.857. The lowest BCUT2D eigenvalue weighted by atomic mass is 9.97. The van der Waals surface area contributed by atoms with Gasteiger partial charge in [0.25, 0.3) is 0 Å². The molecule has 0 N–H and O–H groups in total. The Morgan fingerprint density at radius 3 is 2.80 bits per heavy atom. The van der Waals surface area contributed by atoms with E-state index < -0.39 is 0 Å². The normalized spacial score (nSPS) is 39.9. The highest BCUT2D eigenvalue weighted by Crippen LogP contribution is 2.25. The number of hydrogen-bond acceptors (Lipinski definition) is 3. The highest BCUT2D eigenvalue weighted by Gasteiger charge is 2.39. The van der Waals surface area contributed by atoms with E-state index >= 15 is 0 Å². The van der Waals surface area contributed by atoms with Crippen molar-refractivity contribution in [1.29, 1.82) is 0 Å². The van der Waals surface area contributed by atoms with Crippen molar-refractivity contribution in [3.05, 3.63) is 0 Å². The molecule has 3 fully saturated rings. The molecule has 0 aromatic carbocycles. The average molecular weight is 141 g/mol. The molecule has 3 aliphatic heterocycles. The molecule has 10 heavy (non-hydrogen) atoms. The molecule has 0 spiro atoms. The van der Waals surface area contributed by atoms with E-state index in [4.69, 9.17) is 4.74 Å². The number of likely N-dealkylation sites (N-methyl/N-ethyl adjacent to an activating group) is 1. The minimum atomic E-state index is -0.0231. The van der Waals surface area contributed by atoms with Crippen LogP contribution < -0.4 is 0 Å². The van der Waals surface area contributed by atoms with Gasteiger partial charge < -0.3 is 4.74 Å². The number of hydrogen-bond donors (Lipinski definition) is 0. The molecular formula is C7H11NO2. The Morgan fingerprint density at radius 2 is 2.40 bits per heavy atom. The van der Waals surface area contributed by atoms with Crippen LogP contribution in [0.5, 0.6) is 0 Å². The summed E-state index contributed by atoms with van der Waals surface area (Å²) in [6.45, 7) is 0.927. The van der Waals surface area contributed by atoms with Gasteiger partial charge in [-0.1, -0.05) is 0 Å². The smallest absolute Gasteiger partial charge is 0.323 e. The molecule has 0 amide bonds. The van der Waals surface area contributed by atoms with E-state index in [0.29, 0.717) is 0 Å². The molecule has 3 heteroatoms. The Morgan fingerprint density at radius 1 is 1.60 bits per heavy atom. The molecule has 56 valence electrons. The van der Waals surface area contributed by atoms with Crippen LogP contribution in [0, 0.1) is 0 Å². The molecule has 2 bridgehead atoms. The predicted octanol–water partition coefficient (Wildman–Crippen LogP) is 0.00600. The zero-order valence-corrected chi connectivity index (χ0v) is 6.04. The maximum absolute atomic E-state index is 11.0. The Bertz CT molecular complexity index is 169. The number of nitrogens with zero attached hydrogens (tertiary/aromatic N) is 1. The van der Waals surface area contributed by atoms with E-state index in [-0.39, 0.29) is 18.1 Å². The number of rotatable bonds is 0. The number of morpholine rings is 1. The van der Waals surface area contributed by atoms with Gasteiger partial charge in [-0.05, 0) is 19.9 Å². The molecule has 2 atom stereocenters. The van der Waals surface area contributed by atoms with Gasteiger partial charge in [-0.25, -0.2) is 0 Å². The summed E-state index contributed by atoms with van der Waals surface area (Å²) in [6.07, 6.45) is 2.23. The Hall–Kier alpha value is -0.570. The van der Waals surface area contributed by atoms with Gasteiger partial charge in [0.05, 0.1) is 0 Å². The van der Waals surface area contributed by atoms with E-state index in [0.717, 1.165) is 19.4 Å². The molecule has 3 rings (SSSR count). The van der Waals surface area contributed by atoms with Gasteiger partial charge in [-0.2, -0.15) is 0 Å². The molecule has 3 nitrogen and oxygen atoms in total. The SMILES string of the molecule is CN1CC2CCC1C(=O)O2. The van der Waals surface area contributed by atoms with Gasteiger partial charge in [0.2, 0.25) is 0 Å². The average Bonchev–Trinajstić information content (AvgIpc) is 1.86. The zero-order chi connectivity index (χ0) is 7.14. The zero-order valence-electron chi connectivity index (χ0n) is 6.04. The van der Waals surface area contributed by atoms with Gasteiger partial charge in [-0.15, -0.1) is 0 Å². The molecule has 0 aliphatic carbocycles. The third kappa shape index (κ3) is 0.736. The molecule has 3 aliphatic rings. The Balaban J connectivity index is 2.18. The fourth-order valence-electron chi connectivity index (χ4n) is 1.74. The third-order valence-electron chi connectivity index (χ3n) is 2.34. The quantitative estimate of drug-likeness (QED) is 0.445. The van der Waals surface area contributed by atoms with Crippen LogP contribution in [0.4, 0.5) is 0 Å². The van der Waals surface area contributed by atoms with Crippen molar-refractivity contribution in [2.75, 3.05) is 13.6 Å². The van der Waals surface area contributed by atoms with Crippen molar-refractivity contribution in [1.82, 2.24) is 4.90 Å². The first-order valence-electron chi connectivity index (χ1n) is 3.68. The van der Waals surface area contributed by atoms with Gasteiger partial charge in [0.15, 0.2) is 0 Å². The number of carbonyl (C=O) groups excluding carboxylic acids is 1. The second-order valence-electron chi connectivity index (χ2n) is 3.09. The lowest BCUT2D eigenvalue weighted by molar-refractivity contribution is -0.174. The summed E-state index contributed by atoms with van der Waals surface area (Å²) < 4.78 is 5.08. The summed E-state index contributed by atoms with van der Waals surface area (Å²) in [5, 5.41) is 0. The summed E-state index contributed by atoms with van der Waals surface area (Å²) in [5.74, 6) is -0.0231. The van der Waals surface area contributed by atoms with Crippen LogP contribution in [0.1, 0.15) is 12.8 Å². The molecule has 3 saturated heterocycles. The number of piperidine rings is 1. The van der Waals surface area contributed by atoms with E-state index in [1.807, 2.05) is 7.05 Å². The highest BCUT2D eigenvalue weighted by atomic mass is 16.6. The predicted molar refractivity (Wildman–Crippen MR) is 35.5 cm³/mol. The maximum atomic E-state index is 11.0. The summed E-state index contributed by atoms with van der Waals surface area (Å²) in [6, 6.07) is 0.0602. The third-order valence-corrected chi connectivity index (χ3v) is 2.34. The van der Waals surface area contributed by atoms with E-state index in [1.54, 1.807) is 0 Å². The van der Waals surface area contributed by atoms with Crippen molar-refractivity contribution < 1.29 is 9.53 Å². The molecular weight excluding hydrogens is 130 g/mol. The summed E-state index contributed by atoms with van der Waals surface area (Å²) in [4.78, 5) is 13.1. The highest BCUT2D eigenvalue weighted by molar-refractivity contribution is 5.77. The molecule has 0 aromatic rings. The number of fused-ring (bicyclic) bond motifs is 3. The van der Waals surface area contributed by atoms with Crippen LogP contribution in [-0.2, 0) is 9.53 Å². The van der Waals surface area contributed by atoms with E-state index in [1.165, 1.54) is 0 Å². The second-order valence-corrected chi connectivity index (χ2v) is 3.09. The first-order valence-corrected chi connectivity index (χ1v) is 3.68. The Labute approximate surface area is 60.0 Å². The first kappa shape index (κ1) is 6.16. The van der Waals surface area contributed by atoms with Crippen LogP contribution in [0.25, 0.3) is 0 Å². The minimum absolute atomic E-state index is 0.0231. The van der Waals surface area contributed by atoms with Crippen LogP contribution in [0.2, 0.25) is 0 Å². The minimum Gasteiger partial charge on any atom is -0.460 e. The Kier molecular flexibility index (Phi) is 1.20. The van der Waals surface area contributed by atoms with Crippen molar-refractivity contribution in [3.63, 3.8) is 0 Å². The fourth-order valence-corrected chi connectivity index (χ4v) is 1.74. The van der Waals surface area contributed by atoms with Gasteiger partial charge in [0.1, 0.15) is 12.1 Å². The van der Waals surface area contributed by atoms with Crippen LogP contribution >= 0.6 is 0 Å². The summed E-state index contributed by atoms with van der Waals surface area (Å²) in [7, 11) is 1.98. The van der Waals surface area contributed by atoms with Gasteiger partial charge in [0, 0.05) is 6.54 Å². The van der Waals surface area contributed by atoms with Crippen molar-refractivity contribution in [2.24, 2.45) is 0 Å². The molecule has 0 saturated carbocycles. The summed E-state index contributed by atoms with van der Waals surface area (Å²) >= 11 is 0. The molecule has 0 aromatic heterocycles. The first-order chi connectivity index (χ1) is 4.77. The summed E-state index contributed by atoms with van der Waals surface area (Å²) in [5.41, 5.74) is 0. The molecule has 2 unspecified atom stereocenters. The molecule has 0 radical (unpaired) electrons. The molecule has 3 heterocycles. The van der Waals surface area contributed by atoms with Crippen LogP contribution in [0.3, 0.4) is 0 Å². The monoisotopic (exact) mass is 141 g/mol. The standard InChI is InChI=1S/C7H11NO2/c1-8-4-5-2-3-6(8)7(9)10-5/h5-6H,2-4H2,1H3. The number of ether oxygens (including phenoxy) is 1. The van der Waals surface area contributed by atoms with E-state index in [2.05, 4.69) is 4.90 Å². The van der Waals surface area contributed by atoms with Crippen LogP contribution in [-0.4, -0.2) is 36.6 Å². The number of carbonyl (C=O) groups is 1.